The molecule has 0 saturated heterocycles. The van der Waals surface area contributed by atoms with Crippen molar-refractivity contribution in [3.8, 4) is 5.75 Å². The molecule has 5 heteroatoms. The number of carbonyl (C=O) groups is 2. The van der Waals surface area contributed by atoms with Gasteiger partial charge in [-0.1, -0.05) is 30.3 Å². The number of rotatable bonds is 5. The molecule has 0 aromatic heterocycles. The summed E-state index contributed by atoms with van der Waals surface area (Å²) in [5.41, 5.74) is 6.32. The molecule has 0 unspecified atom stereocenters. The van der Waals surface area contributed by atoms with Crippen molar-refractivity contribution in [2.45, 2.75) is 6.61 Å². The van der Waals surface area contributed by atoms with E-state index in [0.717, 1.165) is 0 Å². The fourth-order valence-corrected chi connectivity index (χ4v) is 1.81. The summed E-state index contributed by atoms with van der Waals surface area (Å²) in [5.74, 6) is -1.36. The van der Waals surface area contributed by atoms with Gasteiger partial charge in [0.05, 0.1) is 0 Å². The van der Waals surface area contributed by atoms with Crippen molar-refractivity contribution in [2.24, 2.45) is 5.73 Å². The number of hydrogen-bond acceptors (Lipinski definition) is 3. The Morgan fingerprint density at radius 2 is 1.60 bits per heavy atom. The molecule has 0 fully saturated rings. The summed E-state index contributed by atoms with van der Waals surface area (Å²) in [4.78, 5) is 22.3. The molecule has 0 aliphatic heterocycles. The molecule has 2 aromatic rings. The quantitative estimate of drug-likeness (QED) is 0.871. The van der Waals surface area contributed by atoms with Gasteiger partial charge in [0.25, 0.3) is 0 Å². The highest BCUT2D eigenvalue weighted by molar-refractivity contribution is 5.94. The van der Waals surface area contributed by atoms with Crippen LogP contribution in [0.25, 0.3) is 0 Å². The maximum Gasteiger partial charge on any atom is 0.339 e. The molecule has 102 valence electrons. The van der Waals surface area contributed by atoms with E-state index in [9.17, 15) is 9.59 Å². The number of carboxylic acids is 1. The first kappa shape index (κ1) is 13.6. The summed E-state index contributed by atoms with van der Waals surface area (Å²) in [6.07, 6.45) is 0. The van der Waals surface area contributed by atoms with Gasteiger partial charge in [0.2, 0.25) is 5.91 Å². The highest BCUT2D eigenvalue weighted by atomic mass is 16.5. The molecule has 0 aliphatic rings. The van der Waals surface area contributed by atoms with Gasteiger partial charge in [-0.25, -0.2) is 4.79 Å². The van der Waals surface area contributed by atoms with Crippen molar-refractivity contribution >= 4 is 11.9 Å². The molecule has 5 nitrogen and oxygen atoms in total. The number of carboxylic acid groups (broad SMARTS) is 1. The number of hydrogen-bond donors (Lipinski definition) is 2. The third-order valence-corrected chi connectivity index (χ3v) is 2.78. The van der Waals surface area contributed by atoms with Gasteiger partial charge in [-0.3, -0.25) is 4.79 Å². The van der Waals surface area contributed by atoms with Crippen molar-refractivity contribution < 1.29 is 19.4 Å². The molecule has 3 N–H and O–H groups in total. The minimum absolute atomic E-state index is 0.0728. The summed E-state index contributed by atoms with van der Waals surface area (Å²) in [7, 11) is 0. The second-order valence-electron chi connectivity index (χ2n) is 4.11. The lowest BCUT2D eigenvalue weighted by atomic mass is 10.1. The minimum Gasteiger partial charge on any atom is -0.488 e. The summed E-state index contributed by atoms with van der Waals surface area (Å²) >= 11 is 0. The summed E-state index contributed by atoms with van der Waals surface area (Å²) in [6, 6.07) is 13.1. The minimum atomic E-state index is -1.07. The van der Waals surface area contributed by atoms with Crippen molar-refractivity contribution in [1.29, 1.82) is 0 Å². The van der Waals surface area contributed by atoms with E-state index in [1.165, 1.54) is 6.07 Å². The highest BCUT2D eigenvalue weighted by Crippen LogP contribution is 2.20. The van der Waals surface area contributed by atoms with E-state index < -0.39 is 11.9 Å². The Hall–Kier alpha value is -2.82. The monoisotopic (exact) mass is 271 g/mol. The van der Waals surface area contributed by atoms with Crippen molar-refractivity contribution in [1.82, 2.24) is 0 Å². The second-order valence-corrected chi connectivity index (χ2v) is 4.11. The molecule has 2 rings (SSSR count). The molecule has 0 bridgehead atoms. The fraction of sp³-hybridized carbons (Fsp3) is 0.0667. The van der Waals surface area contributed by atoms with Crippen LogP contribution < -0.4 is 10.5 Å². The SMILES string of the molecule is NC(=O)c1ccccc1COc1ccccc1C(=O)O. The van der Waals surface area contributed by atoms with E-state index in [1.54, 1.807) is 42.5 Å². The van der Waals surface area contributed by atoms with Crippen LogP contribution >= 0.6 is 0 Å². The zero-order valence-corrected chi connectivity index (χ0v) is 10.6. The van der Waals surface area contributed by atoms with Gasteiger partial charge in [-0.2, -0.15) is 0 Å². The van der Waals surface area contributed by atoms with Crippen LogP contribution in [0.2, 0.25) is 0 Å². The largest absolute Gasteiger partial charge is 0.488 e. The molecule has 0 heterocycles. The van der Waals surface area contributed by atoms with Crippen LogP contribution in [-0.2, 0) is 6.61 Å². The predicted molar refractivity (Wildman–Crippen MR) is 72.7 cm³/mol. The van der Waals surface area contributed by atoms with E-state index in [2.05, 4.69) is 0 Å². The Labute approximate surface area is 115 Å². The van der Waals surface area contributed by atoms with E-state index in [4.69, 9.17) is 15.6 Å². The number of aromatic carboxylic acids is 1. The van der Waals surface area contributed by atoms with Crippen LogP contribution in [0.5, 0.6) is 5.75 Å². The Morgan fingerprint density at radius 1 is 1.00 bits per heavy atom. The number of amides is 1. The van der Waals surface area contributed by atoms with Crippen molar-refractivity contribution in [3.05, 3.63) is 65.2 Å². The molecule has 20 heavy (non-hydrogen) atoms. The smallest absolute Gasteiger partial charge is 0.339 e. The lowest BCUT2D eigenvalue weighted by molar-refractivity contribution is 0.0691. The van der Waals surface area contributed by atoms with Gasteiger partial charge < -0.3 is 15.6 Å². The first-order valence-corrected chi connectivity index (χ1v) is 5.92. The van der Waals surface area contributed by atoms with Gasteiger partial charge >= 0.3 is 5.97 Å². The first-order valence-electron chi connectivity index (χ1n) is 5.92. The molecule has 0 aliphatic carbocycles. The summed E-state index contributed by atoms with van der Waals surface area (Å²) in [5, 5.41) is 9.05. The van der Waals surface area contributed by atoms with Crippen LogP contribution in [0.1, 0.15) is 26.3 Å². The molecule has 0 spiro atoms. The number of carbonyl (C=O) groups excluding carboxylic acids is 1. The van der Waals surface area contributed by atoms with Crippen LogP contribution in [0.3, 0.4) is 0 Å². The Balaban J connectivity index is 2.22. The molecule has 0 saturated carbocycles. The third kappa shape index (κ3) is 2.95. The number of ether oxygens (including phenoxy) is 1. The Morgan fingerprint density at radius 3 is 2.25 bits per heavy atom. The third-order valence-electron chi connectivity index (χ3n) is 2.78. The van der Waals surface area contributed by atoms with Crippen LogP contribution in [0.4, 0.5) is 0 Å². The molecule has 1 amide bonds. The zero-order valence-electron chi connectivity index (χ0n) is 10.6. The summed E-state index contributed by atoms with van der Waals surface area (Å²) in [6.45, 7) is 0.0728. The van der Waals surface area contributed by atoms with Gasteiger partial charge in [0, 0.05) is 11.1 Å². The standard InChI is InChI=1S/C15H13NO4/c16-14(17)11-6-2-1-5-10(11)9-20-13-8-4-3-7-12(13)15(18)19/h1-8H,9H2,(H2,16,17)(H,18,19). The lowest BCUT2D eigenvalue weighted by Crippen LogP contribution is -2.15. The van der Waals surface area contributed by atoms with Crippen molar-refractivity contribution in [3.63, 3.8) is 0 Å². The average Bonchev–Trinajstić information content (AvgIpc) is 2.45. The molecule has 0 atom stereocenters. The van der Waals surface area contributed by atoms with Gasteiger partial charge in [-0.15, -0.1) is 0 Å². The molecular weight excluding hydrogens is 258 g/mol. The first-order chi connectivity index (χ1) is 9.59. The molecule has 2 aromatic carbocycles. The van der Waals surface area contributed by atoms with Gasteiger partial charge in [-0.05, 0) is 18.2 Å². The van der Waals surface area contributed by atoms with Crippen LogP contribution in [-0.4, -0.2) is 17.0 Å². The lowest BCUT2D eigenvalue weighted by Gasteiger charge is -2.10. The number of para-hydroxylation sites is 1. The van der Waals surface area contributed by atoms with E-state index in [1.807, 2.05) is 0 Å². The topological polar surface area (TPSA) is 89.6 Å². The van der Waals surface area contributed by atoms with Gasteiger partial charge in [0.15, 0.2) is 0 Å². The number of nitrogens with two attached hydrogens (primary N) is 1. The maximum atomic E-state index is 11.3. The number of benzene rings is 2. The maximum absolute atomic E-state index is 11.3. The van der Waals surface area contributed by atoms with E-state index >= 15 is 0 Å². The Bertz CT molecular complexity index is 594. The summed E-state index contributed by atoms with van der Waals surface area (Å²) < 4.78 is 5.49. The molecular formula is C15H13NO4. The zero-order chi connectivity index (χ0) is 14.5. The molecule has 0 radical (unpaired) electrons. The van der Waals surface area contributed by atoms with Gasteiger partial charge in [0.1, 0.15) is 17.9 Å². The Kier molecular flexibility index (Phi) is 4.00. The van der Waals surface area contributed by atoms with E-state index in [-0.39, 0.29) is 17.9 Å². The van der Waals surface area contributed by atoms with Crippen LogP contribution in [0, 0.1) is 0 Å². The fourth-order valence-electron chi connectivity index (χ4n) is 1.81. The van der Waals surface area contributed by atoms with Crippen LogP contribution in [0.15, 0.2) is 48.5 Å². The predicted octanol–water partition coefficient (Wildman–Crippen LogP) is 2.06. The highest BCUT2D eigenvalue weighted by Gasteiger charge is 2.12. The van der Waals surface area contributed by atoms with Crippen molar-refractivity contribution in [2.75, 3.05) is 0 Å². The second kappa shape index (κ2) is 5.88. The number of primary amides is 1. The normalized spacial score (nSPS) is 10.0. The average molecular weight is 271 g/mol. The van der Waals surface area contributed by atoms with E-state index in [0.29, 0.717) is 11.1 Å².